The molecule has 92 valence electrons. The molecule has 0 fully saturated rings. The topological polar surface area (TPSA) is 46.3 Å². The van der Waals surface area contributed by atoms with Crippen molar-refractivity contribution in [3.05, 3.63) is 11.6 Å². The highest BCUT2D eigenvalue weighted by atomic mass is 16.2. The SMILES string of the molecule is CC1=CCN(C(=O)CCCCCCN)CC1. The third-order valence-electron chi connectivity index (χ3n) is 3.13. The lowest BCUT2D eigenvalue weighted by Crippen LogP contribution is -2.34. The van der Waals surface area contributed by atoms with E-state index in [4.69, 9.17) is 5.73 Å². The van der Waals surface area contributed by atoms with Crippen LogP contribution in [0.5, 0.6) is 0 Å². The minimum absolute atomic E-state index is 0.316. The lowest BCUT2D eigenvalue weighted by Gasteiger charge is -2.25. The first kappa shape index (κ1) is 13.2. The summed E-state index contributed by atoms with van der Waals surface area (Å²) in [5.41, 5.74) is 6.83. The molecule has 0 bridgehead atoms. The smallest absolute Gasteiger partial charge is 0.222 e. The Morgan fingerprint density at radius 2 is 2.12 bits per heavy atom. The summed E-state index contributed by atoms with van der Waals surface area (Å²) in [7, 11) is 0. The first-order valence-electron chi connectivity index (χ1n) is 6.37. The molecule has 0 radical (unpaired) electrons. The summed E-state index contributed by atoms with van der Waals surface area (Å²) in [6, 6.07) is 0. The van der Waals surface area contributed by atoms with Gasteiger partial charge in [-0.2, -0.15) is 0 Å². The van der Waals surface area contributed by atoms with Crippen molar-refractivity contribution in [2.75, 3.05) is 19.6 Å². The Balaban J connectivity index is 2.11. The predicted molar refractivity (Wildman–Crippen MR) is 67.1 cm³/mol. The molecule has 0 atom stereocenters. The normalized spacial score (nSPS) is 16.1. The van der Waals surface area contributed by atoms with Gasteiger partial charge in [-0.05, 0) is 32.7 Å². The molecule has 1 rings (SSSR count). The molecular formula is C13H24N2O. The van der Waals surface area contributed by atoms with Crippen molar-refractivity contribution in [2.24, 2.45) is 5.73 Å². The maximum absolute atomic E-state index is 11.8. The number of hydrogen-bond donors (Lipinski definition) is 1. The van der Waals surface area contributed by atoms with E-state index in [9.17, 15) is 4.79 Å². The molecule has 0 saturated carbocycles. The zero-order chi connectivity index (χ0) is 11.8. The van der Waals surface area contributed by atoms with Gasteiger partial charge < -0.3 is 10.6 Å². The van der Waals surface area contributed by atoms with Gasteiger partial charge in [0, 0.05) is 19.5 Å². The third kappa shape index (κ3) is 4.79. The summed E-state index contributed by atoms with van der Waals surface area (Å²) < 4.78 is 0. The third-order valence-corrected chi connectivity index (χ3v) is 3.13. The quantitative estimate of drug-likeness (QED) is 0.554. The molecule has 1 heterocycles. The van der Waals surface area contributed by atoms with Crippen LogP contribution in [-0.2, 0) is 4.79 Å². The summed E-state index contributed by atoms with van der Waals surface area (Å²) in [5, 5.41) is 0. The van der Waals surface area contributed by atoms with Gasteiger partial charge in [-0.25, -0.2) is 0 Å². The average molecular weight is 224 g/mol. The van der Waals surface area contributed by atoms with Crippen molar-refractivity contribution in [3.63, 3.8) is 0 Å². The Hall–Kier alpha value is -0.830. The summed E-state index contributed by atoms with van der Waals surface area (Å²) >= 11 is 0. The largest absolute Gasteiger partial charge is 0.339 e. The van der Waals surface area contributed by atoms with E-state index in [0.29, 0.717) is 12.3 Å². The minimum atomic E-state index is 0.316. The standard InChI is InChI=1S/C13H24N2O/c1-12-7-10-15(11-8-12)13(16)6-4-2-3-5-9-14/h7H,2-6,8-11,14H2,1H3. The number of unbranched alkanes of at least 4 members (excludes halogenated alkanes) is 3. The molecule has 0 aromatic heterocycles. The molecular weight excluding hydrogens is 200 g/mol. The van der Waals surface area contributed by atoms with Crippen LogP contribution in [0.4, 0.5) is 0 Å². The average Bonchev–Trinajstić information content (AvgIpc) is 2.29. The fraction of sp³-hybridized carbons (Fsp3) is 0.769. The fourth-order valence-corrected chi connectivity index (χ4v) is 1.93. The molecule has 0 spiro atoms. The number of carbonyl (C=O) groups excluding carboxylic acids is 1. The van der Waals surface area contributed by atoms with Crippen LogP contribution in [0.3, 0.4) is 0 Å². The van der Waals surface area contributed by atoms with E-state index in [1.54, 1.807) is 0 Å². The van der Waals surface area contributed by atoms with Crippen molar-refractivity contribution in [1.29, 1.82) is 0 Å². The van der Waals surface area contributed by atoms with Gasteiger partial charge in [-0.1, -0.05) is 24.5 Å². The van der Waals surface area contributed by atoms with E-state index < -0.39 is 0 Å². The van der Waals surface area contributed by atoms with Gasteiger partial charge in [0.2, 0.25) is 5.91 Å². The molecule has 0 aromatic rings. The molecule has 0 saturated heterocycles. The van der Waals surface area contributed by atoms with Gasteiger partial charge in [0.05, 0.1) is 0 Å². The van der Waals surface area contributed by atoms with Crippen LogP contribution >= 0.6 is 0 Å². The van der Waals surface area contributed by atoms with Crippen molar-refractivity contribution < 1.29 is 4.79 Å². The van der Waals surface area contributed by atoms with Gasteiger partial charge in [-0.3, -0.25) is 4.79 Å². The van der Waals surface area contributed by atoms with Crippen LogP contribution in [0.15, 0.2) is 11.6 Å². The van der Waals surface area contributed by atoms with Crippen LogP contribution in [-0.4, -0.2) is 30.4 Å². The van der Waals surface area contributed by atoms with Crippen molar-refractivity contribution in [3.8, 4) is 0 Å². The number of hydrogen-bond acceptors (Lipinski definition) is 2. The minimum Gasteiger partial charge on any atom is -0.339 e. The second-order valence-corrected chi connectivity index (χ2v) is 4.59. The summed E-state index contributed by atoms with van der Waals surface area (Å²) in [6.45, 7) is 4.62. The summed E-state index contributed by atoms with van der Waals surface area (Å²) in [5.74, 6) is 0.316. The Labute approximate surface area is 98.7 Å². The molecule has 2 N–H and O–H groups in total. The number of nitrogens with two attached hydrogens (primary N) is 1. The summed E-state index contributed by atoms with van der Waals surface area (Å²) in [4.78, 5) is 13.8. The van der Waals surface area contributed by atoms with Crippen molar-refractivity contribution in [2.45, 2.75) is 45.4 Å². The number of carbonyl (C=O) groups is 1. The van der Waals surface area contributed by atoms with Gasteiger partial charge >= 0.3 is 0 Å². The Kier molecular flexibility index (Phi) is 6.16. The van der Waals surface area contributed by atoms with E-state index in [-0.39, 0.29) is 0 Å². The van der Waals surface area contributed by atoms with Crippen LogP contribution in [0.2, 0.25) is 0 Å². The Morgan fingerprint density at radius 3 is 2.75 bits per heavy atom. The molecule has 1 aliphatic heterocycles. The molecule has 3 nitrogen and oxygen atoms in total. The molecule has 16 heavy (non-hydrogen) atoms. The Bertz CT molecular complexity index is 248. The van der Waals surface area contributed by atoms with Crippen molar-refractivity contribution >= 4 is 5.91 Å². The maximum Gasteiger partial charge on any atom is 0.222 e. The van der Waals surface area contributed by atoms with Crippen molar-refractivity contribution in [1.82, 2.24) is 4.90 Å². The highest BCUT2D eigenvalue weighted by Crippen LogP contribution is 2.12. The molecule has 0 aliphatic carbocycles. The lowest BCUT2D eigenvalue weighted by molar-refractivity contribution is -0.131. The van der Waals surface area contributed by atoms with E-state index >= 15 is 0 Å². The molecule has 3 heteroatoms. The molecule has 1 aliphatic rings. The number of nitrogens with zero attached hydrogens (tertiary/aromatic N) is 1. The number of rotatable bonds is 6. The highest BCUT2D eigenvalue weighted by Gasteiger charge is 2.14. The van der Waals surface area contributed by atoms with Crippen LogP contribution in [0.1, 0.15) is 45.4 Å². The van der Waals surface area contributed by atoms with E-state index in [1.807, 2.05) is 4.90 Å². The van der Waals surface area contributed by atoms with Crippen LogP contribution in [0.25, 0.3) is 0 Å². The highest BCUT2D eigenvalue weighted by molar-refractivity contribution is 5.76. The zero-order valence-electron chi connectivity index (χ0n) is 10.4. The Morgan fingerprint density at radius 1 is 1.38 bits per heavy atom. The zero-order valence-corrected chi connectivity index (χ0v) is 10.4. The first-order valence-corrected chi connectivity index (χ1v) is 6.37. The molecule has 0 aromatic carbocycles. The fourth-order valence-electron chi connectivity index (χ4n) is 1.93. The molecule has 1 amide bonds. The van der Waals surface area contributed by atoms with Gasteiger partial charge in [0.25, 0.3) is 0 Å². The van der Waals surface area contributed by atoms with Crippen LogP contribution < -0.4 is 5.73 Å². The lowest BCUT2D eigenvalue weighted by atomic mass is 10.1. The maximum atomic E-state index is 11.8. The van der Waals surface area contributed by atoms with Gasteiger partial charge in [0.15, 0.2) is 0 Å². The summed E-state index contributed by atoms with van der Waals surface area (Å²) in [6.07, 6.45) is 8.29. The van der Waals surface area contributed by atoms with E-state index in [1.165, 1.54) is 5.57 Å². The second kappa shape index (κ2) is 7.44. The molecule has 0 unspecified atom stereocenters. The van der Waals surface area contributed by atoms with Gasteiger partial charge in [-0.15, -0.1) is 0 Å². The number of amides is 1. The predicted octanol–water partition coefficient (Wildman–Crippen LogP) is 2.07. The van der Waals surface area contributed by atoms with E-state index in [2.05, 4.69) is 13.0 Å². The van der Waals surface area contributed by atoms with Gasteiger partial charge in [0.1, 0.15) is 0 Å². The first-order chi connectivity index (χ1) is 7.74. The van der Waals surface area contributed by atoms with Crippen LogP contribution in [0, 0.1) is 0 Å². The van der Waals surface area contributed by atoms with E-state index in [0.717, 1.165) is 51.7 Å². The second-order valence-electron chi connectivity index (χ2n) is 4.59. The monoisotopic (exact) mass is 224 g/mol.